The normalized spacial score (nSPS) is 16.0. The Morgan fingerprint density at radius 3 is 2.82 bits per heavy atom. The van der Waals surface area contributed by atoms with Crippen LogP contribution in [0.4, 0.5) is 17.1 Å². The van der Waals surface area contributed by atoms with Gasteiger partial charge in [-0.15, -0.1) is 0 Å². The van der Waals surface area contributed by atoms with Crippen molar-refractivity contribution in [2.45, 2.75) is 18.9 Å². The molecule has 4 aromatic rings. The largest absolute Gasteiger partial charge is 0.397 e. The van der Waals surface area contributed by atoms with Gasteiger partial charge in [-0.25, -0.2) is 4.98 Å². The topological polar surface area (TPSA) is 123 Å². The van der Waals surface area contributed by atoms with Crippen LogP contribution in [0.2, 0.25) is 0 Å². The van der Waals surface area contributed by atoms with Crippen molar-refractivity contribution in [3.63, 3.8) is 0 Å². The molecule has 33 heavy (non-hydrogen) atoms. The van der Waals surface area contributed by atoms with Gasteiger partial charge in [-0.1, -0.05) is 24.3 Å². The number of nitrogen functional groups attached to an aromatic ring is 1. The van der Waals surface area contributed by atoms with E-state index in [1.807, 2.05) is 30.3 Å². The number of hydrogen-bond donors (Lipinski definition) is 3. The Balaban J connectivity index is 1.47. The zero-order valence-electron chi connectivity index (χ0n) is 18.1. The maximum absolute atomic E-state index is 13.2. The van der Waals surface area contributed by atoms with Crippen molar-refractivity contribution in [2.24, 2.45) is 5.73 Å². The maximum Gasteiger partial charge on any atom is 0.276 e. The summed E-state index contributed by atoms with van der Waals surface area (Å²) in [7, 11) is 0. The first-order valence-electron chi connectivity index (χ1n) is 11.0. The lowest BCUT2D eigenvalue weighted by atomic mass is 10.0. The van der Waals surface area contributed by atoms with Crippen molar-refractivity contribution in [2.75, 3.05) is 29.0 Å². The number of piperidine rings is 1. The fourth-order valence-corrected chi connectivity index (χ4v) is 4.29. The van der Waals surface area contributed by atoms with Crippen LogP contribution in [0.5, 0.6) is 0 Å². The second kappa shape index (κ2) is 8.84. The van der Waals surface area contributed by atoms with Crippen molar-refractivity contribution in [1.29, 1.82) is 0 Å². The Hall–Kier alpha value is -4.04. The van der Waals surface area contributed by atoms with Crippen LogP contribution in [0, 0.1) is 0 Å². The third kappa shape index (κ3) is 4.20. The summed E-state index contributed by atoms with van der Waals surface area (Å²) in [5.41, 5.74) is 15.7. The minimum atomic E-state index is -0.391. The molecule has 0 saturated carbocycles. The van der Waals surface area contributed by atoms with Gasteiger partial charge in [0.05, 0.1) is 29.0 Å². The summed E-state index contributed by atoms with van der Waals surface area (Å²) in [5.74, 6) is -0.391. The Kier molecular flexibility index (Phi) is 5.58. The molecule has 8 nitrogen and oxygen atoms in total. The highest BCUT2D eigenvalue weighted by molar-refractivity contribution is 6.08. The number of fused-ring (bicyclic) bond motifs is 1. The number of nitrogens with one attached hydrogen (secondary N) is 1. The van der Waals surface area contributed by atoms with Gasteiger partial charge in [0, 0.05) is 48.7 Å². The van der Waals surface area contributed by atoms with E-state index in [0.29, 0.717) is 17.1 Å². The van der Waals surface area contributed by atoms with E-state index < -0.39 is 5.91 Å². The summed E-state index contributed by atoms with van der Waals surface area (Å²) in [4.78, 5) is 28.6. The lowest BCUT2D eigenvalue weighted by Crippen LogP contribution is -2.43. The fraction of sp³-hybridized carbons (Fsp3) is 0.200. The first kappa shape index (κ1) is 20.8. The predicted octanol–water partition coefficient (Wildman–Crippen LogP) is 3.45. The van der Waals surface area contributed by atoms with E-state index >= 15 is 0 Å². The molecule has 1 aliphatic rings. The Labute approximate surface area is 191 Å². The molecule has 8 heteroatoms. The van der Waals surface area contributed by atoms with Gasteiger partial charge in [0.2, 0.25) is 0 Å². The first-order chi connectivity index (χ1) is 16.1. The van der Waals surface area contributed by atoms with Gasteiger partial charge in [-0.2, -0.15) is 0 Å². The fourth-order valence-electron chi connectivity index (χ4n) is 4.29. The van der Waals surface area contributed by atoms with E-state index in [-0.39, 0.29) is 11.7 Å². The van der Waals surface area contributed by atoms with E-state index in [2.05, 4.69) is 25.2 Å². The third-order valence-corrected chi connectivity index (χ3v) is 5.93. The molecule has 1 atom stereocenters. The van der Waals surface area contributed by atoms with Crippen LogP contribution in [-0.4, -0.2) is 40.0 Å². The molecule has 0 spiro atoms. The van der Waals surface area contributed by atoms with Gasteiger partial charge in [0.15, 0.2) is 5.69 Å². The molecule has 1 aliphatic heterocycles. The number of amides is 1. The van der Waals surface area contributed by atoms with E-state index in [1.165, 1.54) is 0 Å². The number of hydrogen-bond acceptors (Lipinski definition) is 7. The molecule has 3 aromatic heterocycles. The summed E-state index contributed by atoms with van der Waals surface area (Å²) in [6.07, 6.45) is 8.92. The summed E-state index contributed by atoms with van der Waals surface area (Å²) in [6, 6.07) is 13.4. The number of nitrogens with zero attached hydrogens (tertiary/aromatic N) is 4. The Bertz CT molecular complexity index is 1320. The second-order valence-electron chi connectivity index (χ2n) is 8.24. The Morgan fingerprint density at radius 2 is 1.94 bits per heavy atom. The maximum atomic E-state index is 13.2. The summed E-state index contributed by atoms with van der Waals surface area (Å²) in [6.45, 7) is 1.61. The van der Waals surface area contributed by atoms with Gasteiger partial charge in [-0.05, 0) is 36.4 Å². The predicted molar refractivity (Wildman–Crippen MR) is 131 cm³/mol. The van der Waals surface area contributed by atoms with Crippen LogP contribution in [-0.2, 0) is 0 Å². The molecular formula is C25H25N7O. The van der Waals surface area contributed by atoms with Gasteiger partial charge in [0.1, 0.15) is 0 Å². The van der Waals surface area contributed by atoms with Gasteiger partial charge in [-0.3, -0.25) is 14.8 Å². The molecule has 1 unspecified atom stereocenters. The number of nitrogens with two attached hydrogens (primary N) is 2. The van der Waals surface area contributed by atoms with E-state index in [1.54, 1.807) is 36.9 Å². The number of benzene rings is 1. The highest BCUT2D eigenvalue weighted by Crippen LogP contribution is 2.30. The number of carbonyl (C=O) groups excluding carboxylic acids is 1. The number of anilines is 3. The molecular weight excluding hydrogens is 414 g/mol. The van der Waals surface area contributed by atoms with Crippen molar-refractivity contribution in [1.82, 2.24) is 15.0 Å². The smallest absolute Gasteiger partial charge is 0.276 e. The average Bonchev–Trinajstić information content (AvgIpc) is 2.84. The monoisotopic (exact) mass is 439 g/mol. The molecule has 1 aromatic carbocycles. The van der Waals surface area contributed by atoms with Crippen molar-refractivity contribution >= 4 is 33.7 Å². The van der Waals surface area contributed by atoms with Gasteiger partial charge < -0.3 is 21.7 Å². The molecule has 1 saturated heterocycles. The summed E-state index contributed by atoms with van der Waals surface area (Å²) < 4.78 is 0. The molecule has 166 valence electrons. The highest BCUT2D eigenvalue weighted by Gasteiger charge is 2.21. The van der Waals surface area contributed by atoms with E-state index in [9.17, 15) is 4.79 Å². The SMILES string of the molecule is Nc1ccc(-c2cncc3ccccc23)nc1C(=O)Nc1cnccc1N1CCCC(N)C1. The number of carbonyl (C=O) groups is 1. The average molecular weight is 440 g/mol. The molecule has 4 heterocycles. The van der Waals surface area contributed by atoms with Crippen LogP contribution >= 0.6 is 0 Å². The van der Waals surface area contributed by atoms with Gasteiger partial charge in [0.25, 0.3) is 5.91 Å². The Morgan fingerprint density at radius 1 is 1.06 bits per heavy atom. The minimum Gasteiger partial charge on any atom is -0.397 e. The van der Waals surface area contributed by atoms with E-state index in [4.69, 9.17) is 11.5 Å². The second-order valence-corrected chi connectivity index (χ2v) is 8.24. The molecule has 5 N–H and O–H groups in total. The quantitative estimate of drug-likeness (QED) is 0.445. The number of pyridine rings is 3. The standard InChI is InChI=1S/C25H25N7O/c26-17-5-3-11-32(15-17)23-9-10-28-14-22(23)31-25(33)24-20(27)7-8-21(30-24)19-13-29-12-16-4-1-2-6-18(16)19/h1-2,4,6-10,12-14,17H,3,5,11,15,26-27H2,(H,31,33). The number of aromatic nitrogens is 3. The summed E-state index contributed by atoms with van der Waals surface area (Å²) in [5, 5.41) is 4.96. The van der Waals surface area contributed by atoms with Crippen LogP contribution in [0.1, 0.15) is 23.3 Å². The molecule has 0 aliphatic carbocycles. The van der Waals surface area contributed by atoms with Crippen LogP contribution < -0.4 is 21.7 Å². The zero-order valence-corrected chi connectivity index (χ0v) is 18.1. The zero-order chi connectivity index (χ0) is 22.8. The van der Waals surface area contributed by atoms with Crippen molar-refractivity contribution < 1.29 is 4.79 Å². The van der Waals surface area contributed by atoms with Crippen LogP contribution in [0.3, 0.4) is 0 Å². The van der Waals surface area contributed by atoms with Crippen LogP contribution in [0.15, 0.2) is 67.3 Å². The van der Waals surface area contributed by atoms with Crippen molar-refractivity contribution in [3.05, 3.63) is 72.9 Å². The molecule has 5 rings (SSSR count). The minimum absolute atomic E-state index is 0.110. The lowest BCUT2D eigenvalue weighted by molar-refractivity contribution is 0.102. The lowest BCUT2D eigenvalue weighted by Gasteiger charge is -2.33. The van der Waals surface area contributed by atoms with Crippen LogP contribution in [0.25, 0.3) is 22.0 Å². The molecule has 0 radical (unpaired) electrons. The van der Waals surface area contributed by atoms with E-state index in [0.717, 1.165) is 48.0 Å². The first-order valence-corrected chi connectivity index (χ1v) is 11.0. The highest BCUT2D eigenvalue weighted by atomic mass is 16.1. The molecule has 1 amide bonds. The van der Waals surface area contributed by atoms with Gasteiger partial charge >= 0.3 is 0 Å². The number of rotatable bonds is 4. The summed E-state index contributed by atoms with van der Waals surface area (Å²) >= 11 is 0. The third-order valence-electron chi connectivity index (χ3n) is 5.93. The molecule has 1 fully saturated rings. The molecule has 0 bridgehead atoms. The van der Waals surface area contributed by atoms with Crippen molar-refractivity contribution in [3.8, 4) is 11.3 Å².